The van der Waals surface area contributed by atoms with Gasteiger partial charge in [0.2, 0.25) is 0 Å². The van der Waals surface area contributed by atoms with E-state index in [1.54, 1.807) is 12.1 Å². The third-order valence-corrected chi connectivity index (χ3v) is 3.16. The Morgan fingerprint density at radius 3 is 2.88 bits per heavy atom. The summed E-state index contributed by atoms with van der Waals surface area (Å²) in [5, 5.41) is 3.08. The maximum atomic E-state index is 6.06. The van der Waals surface area contributed by atoms with E-state index in [1.807, 2.05) is 18.4 Å². The fourth-order valence-corrected chi connectivity index (χ4v) is 2.13. The topological polar surface area (TPSA) is 48.1 Å². The van der Waals surface area contributed by atoms with E-state index in [-0.39, 0.29) is 0 Å². The Hall–Kier alpha value is -1.10. The van der Waals surface area contributed by atoms with Gasteiger partial charge in [-0.1, -0.05) is 29.0 Å². The summed E-state index contributed by atoms with van der Waals surface area (Å²) in [6, 6.07) is 5.50. The summed E-state index contributed by atoms with van der Waals surface area (Å²) >= 11 is 7.51. The molecule has 16 heavy (non-hydrogen) atoms. The molecule has 0 bridgehead atoms. The highest BCUT2D eigenvalue weighted by molar-refractivity contribution is 7.11. The van der Waals surface area contributed by atoms with E-state index in [9.17, 15) is 0 Å². The second-order valence-electron chi connectivity index (χ2n) is 3.33. The number of thiazole rings is 1. The Balaban J connectivity index is 2.21. The molecule has 0 aliphatic heterocycles. The summed E-state index contributed by atoms with van der Waals surface area (Å²) in [7, 11) is 0. The number of ether oxygens (including phenoxy) is 1. The first-order valence-electron chi connectivity index (χ1n) is 4.77. The molecule has 3 nitrogen and oxygen atoms in total. The molecule has 0 spiro atoms. The average molecular weight is 255 g/mol. The van der Waals surface area contributed by atoms with Crippen LogP contribution in [0.1, 0.15) is 11.3 Å². The lowest BCUT2D eigenvalue weighted by molar-refractivity contribution is 0.478. The number of rotatable bonds is 3. The van der Waals surface area contributed by atoms with Crippen molar-refractivity contribution in [2.45, 2.75) is 13.5 Å². The molecular formula is C11H11ClN2OS. The summed E-state index contributed by atoms with van der Waals surface area (Å²) in [6.45, 7) is 2.39. The van der Waals surface area contributed by atoms with Crippen LogP contribution in [0, 0.1) is 6.92 Å². The molecule has 1 aromatic carbocycles. The lowest BCUT2D eigenvalue weighted by Gasteiger charge is -2.05. The monoisotopic (exact) mass is 254 g/mol. The number of halogens is 1. The van der Waals surface area contributed by atoms with E-state index in [1.165, 1.54) is 11.3 Å². The Labute approximate surface area is 103 Å². The van der Waals surface area contributed by atoms with Crippen molar-refractivity contribution in [2.24, 2.45) is 5.73 Å². The van der Waals surface area contributed by atoms with Gasteiger partial charge in [0.1, 0.15) is 5.75 Å². The van der Waals surface area contributed by atoms with E-state index in [0.29, 0.717) is 22.5 Å². The van der Waals surface area contributed by atoms with Gasteiger partial charge in [0, 0.05) is 11.9 Å². The van der Waals surface area contributed by atoms with Gasteiger partial charge in [-0.05, 0) is 24.6 Å². The third kappa shape index (κ3) is 2.52. The molecule has 0 aliphatic carbocycles. The highest BCUT2D eigenvalue weighted by Crippen LogP contribution is 2.31. The van der Waals surface area contributed by atoms with Crippen LogP contribution in [0.3, 0.4) is 0 Å². The first-order valence-corrected chi connectivity index (χ1v) is 6.03. The first kappa shape index (κ1) is 11.4. The van der Waals surface area contributed by atoms with Crippen LogP contribution in [0.25, 0.3) is 0 Å². The zero-order chi connectivity index (χ0) is 11.5. The van der Waals surface area contributed by atoms with Gasteiger partial charge in [-0.2, -0.15) is 0 Å². The molecule has 0 unspecified atom stereocenters. The van der Waals surface area contributed by atoms with E-state index < -0.39 is 0 Å². The van der Waals surface area contributed by atoms with Crippen LogP contribution < -0.4 is 10.5 Å². The summed E-state index contributed by atoms with van der Waals surface area (Å²) in [5.74, 6) is 0.605. The maximum Gasteiger partial charge on any atom is 0.278 e. The highest BCUT2D eigenvalue weighted by atomic mass is 35.5. The van der Waals surface area contributed by atoms with E-state index in [4.69, 9.17) is 22.1 Å². The Morgan fingerprint density at radius 1 is 1.50 bits per heavy atom. The molecule has 5 heteroatoms. The van der Waals surface area contributed by atoms with Crippen molar-refractivity contribution >= 4 is 22.9 Å². The molecule has 0 aliphatic rings. The van der Waals surface area contributed by atoms with Gasteiger partial charge in [-0.15, -0.1) is 0 Å². The summed E-state index contributed by atoms with van der Waals surface area (Å²) in [4.78, 5) is 4.20. The Morgan fingerprint density at radius 2 is 2.31 bits per heavy atom. The van der Waals surface area contributed by atoms with Crippen molar-refractivity contribution in [1.29, 1.82) is 0 Å². The van der Waals surface area contributed by atoms with Crippen molar-refractivity contribution in [3.05, 3.63) is 39.9 Å². The molecule has 0 saturated heterocycles. The lowest BCUT2D eigenvalue weighted by Crippen LogP contribution is -1.96. The molecule has 0 fully saturated rings. The second kappa shape index (κ2) is 4.82. The van der Waals surface area contributed by atoms with Gasteiger partial charge >= 0.3 is 0 Å². The standard InChI is InChI=1S/C11H11ClN2OS/c1-7-6-16-11(14-7)15-10-3-2-8(5-13)4-9(10)12/h2-4,6H,5,13H2,1H3. The van der Waals surface area contributed by atoms with Crippen molar-refractivity contribution in [3.63, 3.8) is 0 Å². The molecule has 1 heterocycles. The summed E-state index contributed by atoms with van der Waals surface area (Å²) < 4.78 is 5.56. The highest BCUT2D eigenvalue weighted by Gasteiger charge is 2.06. The van der Waals surface area contributed by atoms with Crippen LogP contribution in [0.2, 0.25) is 5.02 Å². The smallest absolute Gasteiger partial charge is 0.278 e. The predicted octanol–water partition coefficient (Wildman–Crippen LogP) is 3.36. The molecule has 2 aromatic rings. The fourth-order valence-electron chi connectivity index (χ4n) is 1.23. The van der Waals surface area contributed by atoms with Gasteiger partial charge in [0.25, 0.3) is 5.19 Å². The average Bonchev–Trinajstić information content (AvgIpc) is 2.67. The normalized spacial score (nSPS) is 10.4. The van der Waals surface area contributed by atoms with Gasteiger partial charge in [-0.3, -0.25) is 0 Å². The molecule has 0 saturated carbocycles. The lowest BCUT2D eigenvalue weighted by atomic mass is 10.2. The van der Waals surface area contributed by atoms with Crippen molar-refractivity contribution < 1.29 is 4.74 Å². The minimum atomic E-state index is 0.469. The molecule has 2 rings (SSSR count). The zero-order valence-corrected chi connectivity index (χ0v) is 10.3. The Kier molecular flexibility index (Phi) is 3.43. The molecular weight excluding hydrogens is 244 g/mol. The SMILES string of the molecule is Cc1csc(Oc2ccc(CN)cc2Cl)n1. The molecule has 0 radical (unpaired) electrons. The molecule has 0 atom stereocenters. The number of benzene rings is 1. The van der Waals surface area contributed by atoms with Crippen molar-refractivity contribution in [2.75, 3.05) is 0 Å². The minimum Gasteiger partial charge on any atom is -0.429 e. The van der Waals surface area contributed by atoms with Crippen LogP contribution in [0.5, 0.6) is 10.9 Å². The van der Waals surface area contributed by atoms with Crippen LogP contribution in [-0.2, 0) is 6.54 Å². The first-order chi connectivity index (χ1) is 7.69. The summed E-state index contributed by atoms with van der Waals surface area (Å²) in [5.41, 5.74) is 7.43. The van der Waals surface area contributed by atoms with Gasteiger partial charge in [0.15, 0.2) is 0 Å². The van der Waals surface area contributed by atoms with Crippen molar-refractivity contribution in [3.8, 4) is 10.9 Å². The number of aryl methyl sites for hydroxylation is 1. The van der Waals surface area contributed by atoms with Crippen LogP contribution in [-0.4, -0.2) is 4.98 Å². The molecule has 1 aromatic heterocycles. The van der Waals surface area contributed by atoms with Gasteiger partial charge in [-0.25, -0.2) is 4.98 Å². The van der Waals surface area contributed by atoms with E-state index in [0.717, 1.165) is 11.3 Å². The maximum absolute atomic E-state index is 6.06. The number of aromatic nitrogens is 1. The van der Waals surface area contributed by atoms with Crippen LogP contribution in [0.15, 0.2) is 23.6 Å². The summed E-state index contributed by atoms with van der Waals surface area (Å²) in [6.07, 6.45) is 0. The quantitative estimate of drug-likeness (QED) is 0.914. The van der Waals surface area contributed by atoms with Gasteiger partial charge in [0.05, 0.1) is 10.7 Å². The van der Waals surface area contributed by atoms with E-state index in [2.05, 4.69) is 4.98 Å². The second-order valence-corrected chi connectivity index (χ2v) is 4.55. The largest absolute Gasteiger partial charge is 0.429 e. The van der Waals surface area contributed by atoms with E-state index >= 15 is 0 Å². The third-order valence-electron chi connectivity index (χ3n) is 2.03. The van der Waals surface area contributed by atoms with Crippen molar-refractivity contribution in [1.82, 2.24) is 4.98 Å². The number of nitrogens with zero attached hydrogens (tertiary/aromatic N) is 1. The number of nitrogens with two attached hydrogens (primary N) is 1. The molecule has 84 valence electrons. The van der Waals surface area contributed by atoms with Crippen LogP contribution >= 0.6 is 22.9 Å². The minimum absolute atomic E-state index is 0.469. The predicted molar refractivity (Wildman–Crippen MR) is 66.3 cm³/mol. The van der Waals surface area contributed by atoms with Crippen LogP contribution in [0.4, 0.5) is 0 Å². The molecule has 2 N–H and O–H groups in total. The Bertz CT molecular complexity index is 498. The fraction of sp³-hybridized carbons (Fsp3) is 0.182. The van der Waals surface area contributed by atoms with Gasteiger partial charge < -0.3 is 10.5 Å². The zero-order valence-electron chi connectivity index (χ0n) is 8.74. The molecule has 0 amide bonds. The number of hydrogen-bond donors (Lipinski definition) is 1. The number of hydrogen-bond acceptors (Lipinski definition) is 4.